The Morgan fingerprint density at radius 2 is 1.74 bits per heavy atom. The highest BCUT2D eigenvalue weighted by atomic mass is 35.5. The molecule has 4 nitrogen and oxygen atoms in total. The van der Waals surface area contributed by atoms with Gasteiger partial charge in [0.15, 0.2) is 5.13 Å². The predicted molar refractivity (Wildman–Crippen MR) is 127 cm³/mol. The topological polar surface area (TPSA) is 42.4 Å². The van der Waals surface area contributed by atoms with E-state index in [2.05, 4.69) is 11.6 Å². The maximum absolute atomic E-state index is 13.5. The number of ether oxygens (including phenoxy) is 1. The largest absolute Gasteiger partial charge is 0.457 e. The van der Waals surface area contributed by atoms with E-state index in [0.717, 1.165) is 11.3 Å². The van der Waals surface area contributed by atoms with Gasteiger partial charge in [0.05, 0.1) is 11.3 Å². The van der Waals surface area contributed by atoms with E-state index in [0.29, 0.717) is 33.8 Å². The number of halogens is 1. The molecule has 1 heterocycles. The van der Waals surface area contributed by atoms with Gasteiger partial charge in [-0.15, -0.1) is 17.9 Å². The first-order valence-corrected chi connectivity index (χ1v) is 10.9. The number of thiazole rings is 1. The van der Waals surface area contributed by atoms with Crippen LogP contribution in [0.5, 0.6) is 11.5 Å². The first-order chi connectivity index (χ1) is 15.2. The second-order valence-corrected chi connectivity index (χ2v) is 7.91. The lowest BCUT2D eigenvalue weighted by Gasteiger charge is -2.20. The molecule has 0 fully saturated rings. The Morgan fingerprint density at radius 1 is 1.03 bits per heavy atom. The highest BCUT2D eigenvalue weighted by molar-refractivity contribution is 7.14. The Hall–Kier alpha value is -3.41. The zero-order valence-corrected chi connectivity index (χ0v) is 18.1. The fraction of sp³-hybridized carbons (Fsp3) is 0.0400. The lowest BCUT2D eigenvalue weighted by molar-refractivity contribution is 0.0987. The number of amides is 1. The van der Waals surface area contributed by atoms with Crippen LogP contribution in [0, 0.1) is 0 Å². The van der Waals surface area contributed by atoms with Crippen molar-refractivity contribution in [1.29, 1.82) is 0 Å². The molecule has 0 saturated heterocycles. The molecule has 6 heteroatoms. The smallest absolute Gasteiger partial charge is 0.264 e. The number of rotatable bonds is 7. The number of anilines is 1. The highest BCUT2D eigenvalue weighted by Crippen LogP contribution is 2.31. The molecule has 0 aliphatic rings. The molecular formula is C25H19ClN2O2S. The Morgan fingerprint density at radius 3 is 2.48 bits per heavy atom. The fourth-order valence-electron chi connectivity index (χ4n) is 3.01. The van der Waals surface area contributed by atoms with Crippen LogP contribution in [0.15, 0.2) is 96.9 Å². The summed E-state index contributed by atoms with van der Waals surface area (Å²) in [6.45, 7) is 4.13. The lowest BCUT2D eigenvalue weighted by atomic mass is 10.1. The number of benzene rings is 3. The van der Waals surface area contributed by atoms with Crippen LogP contribution in [-0.4, -0.2) is 17.4 Å². The van der Waals surface area contributed by atoms with Crippen LogP contribution >= 0.6 is 22.9 Å². The van der Waals surface area contributed by atoms with E-state index < -0.39 is 0 Å². The molecule has 3 aromatic carbocycles. The van der Waals surface area contributed by atoms with Crippen LogP contribution in [0.1, 0.15) is 10.4 Å². The quantitative estimate of drug-likeness (QED) is 0.284. The van der Waals surface area contributed by atoms with Crippen molar-refractivity contribution in [3.63, 3.8) is 0 Å². The van der Waals surface area contributed by atoms with Crippen LogP contribution in [0.3, 0.4) is 0 Å². The number of para-hydroxylation sites is 2. The van der Waals surface area contributed by atoms with Crippen molar-refractivity contribution in [2.24, 2.45) is 0 Å². The van der Waals surface area contributed by atoms with E-state index in [1.165, 1.54) is 11.3 Å². The lowest BCUT2D eigenvalue weighted by Crippen LogP contribution is -2.31. The third-order valence-corrected chi connectivity index (χ3v) is 5.62. The van der Waals surface area contributed by atoms with Gasteiger partial charge in [-0.25, -0.2) is 4.98 Å². The number of hydrogen-bond acceptors (Lipinski definition) is 4. The minimum Gasteiger partial charge on any atom is -0.457 e. The maximum Gasteiger partial charge on any atom is 0.264 e. The molecule has 4 rings (SSSR count). The molecule has 31 heavy (non-hydrogen) atoms. The van der Waals surface area contributed by atoms with Crippen LogP contribution in [0.2, 0.25) is 5.02 Å². The van der Waals surface area contributed by atoms with Gasteiger partial charge in [-0.3, -0.25) is 9.69 Å². The summed E-state index contributed by atoms with van der Waals surface area (Å²) in [7, 11) is 0. The summed E-state index contributed by atoms with van der Waals surface area (Å²) in [5.74, 6) is 0.947. The zero-order chi connectivity index (χ0) is 21.6. The van der Waals surface area contributed by atoms with E-state index in [-0.39, 0.29) is 5.91 Å². The van der Waals surface area contributed by atoms with Gasteiger partial charge in [-0.1, -0.05) is 60.1 Å². The molecule has 0 unspecified atom stereocenters. The van der Waals surface area contributed by atoms with Crippen molar-refractivity contribution >= 4 is 34.0 Å². The molecule has 154 valence electrons. The van der Waals surface area contributed by atoms with Crippen LogP contribution in [0.4, 0.5) is 5.13 Å². The number of nitrogens with zero attached hydrogens (tertiary/aromatic N) is 2. The molecule has 0 N–H and O–H groups in total. The highest BCUT2D eigenvalue weighted by Gasteiger charge is 2.23. The van der Waals surface area contributed by atoms with Crippen LogP contribution in [0.25, 0.3) is 11.3 Å². The van der Waals surface area contributed by atoms with Gasteiger partial charge in [0, 0.05) is 22.5 Å². The molecule has 0 aliphatic heterocycles. The van der Waals surface area contributed by atoms with Gasteiger partial charge in [0.1, 0.15) is 11.5 Å². The van der Waals surface area contributed by atoms with E-state index in [9.17, 15) is 4.79 Å². The van der Waals surface area contributed by atoms with Gasteiger partial charge in [-0.2, -0.15) is 0 Å². The molecular weight excluding hydrogens is 428 g/mol. The number of carbonyl (C=O) groups excluding carboxylic acids is 1. The van der Waals surface area contributed by atoms with Crippen molar-refractivity contribution in [1.82, 2.24) is 4.98 Å². The van der Waals surface area contributed by atoms with Crippen molar-refractivity contribution in [3.05, 3.63) is 107 Å². The SMILES string of the molecule is C=CCN(C(=O)c1ccccc1Oc1ccccc1)c1nc(-c2ccc(Cl)cc2)cs1. The van der Waals surface area contributed by atoms with Gasteiger partial charge in [0.25, 0.3) is 5.91 Å². The molecule has 1 aromatic heterocycles. The molecule has 0 aliphatic carbocycles. The van der Waals surface area contributed by atoms with Gasteiger partial charge in [-0.05, 0) is 36.4 Å². The Bertz CT molecular complexity index is 1190. The zero-order valence-electron chi connectivity index (χ0n) is 16.6. The molecule has 0 spiro atoms. The van der Waals surface area contributed by atoms with E-state index in [4.69, 9.17) is 16.3 Å². The van der Waals surface area contributed by atoms with E-state index in [1.54, 1.807) is 23.1 Å². The molecule has 0 bridgehead atoms. The number of hydrogen-bond donors (Lipinski definition) is 0. The normalized spacial score (nSPS) is 10.5. The summed E-state index contributed by atoms with van der Waals surface area (Å²) in [5, 5.41) is 3.18. The van der Waals surface area contributed by atoms with Crippen LogP contribution in [-0.2, 0) is 0 Å². The second-order valence-electron chi connectivity index (χ2n) is 6.64. The third kappa shape index (κ3) is 4.85. The van der Waals surface area contributed by atoms with Crippen molar-refractivity contribution in [2.75, 3.05) is 11.4 Å². The minimum absolute atomic E-state index is 0.205. The van der Waals surface area contributed by atoms with E-state index >= 15 is 0 Å². The Balaban J connectivity index is 1.64. The fourth-order valence-corrected chi connectivity index (χ4v) is 3.98. The second kappa shape index (κ2) is 9.60. The summed E-state index contributed by atoms with van der Waals surface area (Å²) in [5.41, 5.74) is 2.18. The summed E-state index contributed by atoms with van der Waals surface area (Å²) >= 11 is 7.39. The van der Waals surface area contributed by atoms with Crippen molar-refractivity contribution in [2.45, 2.75) is 0 Å². The predicted octanol–water partition coefficient (Wildman–Crippen LogP) is 7.09. The molecule has 4 aromatic rings. The Labute approximate surface area is 190 Å². The maximum atomic E-state index is 13.5. The molecule has 1 amide bonds. The average molecular weight is 447 g/mol. The third-order valence-electron chi connectivity index (χ3n) is 4.51. The standard InChI is InChI=1S/C25H19ClN2O2S/c1-2-16-28(25-27-22(17-31-25)18-12-14-19(26)15-13-18)24(29)21-10-6-7-11-23(21)30-20-8-4-3-5-9-20/h2-15,17H,1,16H2. The monoisotopic (exact) mass is 446 g/mol. The summed E-state index contributed by atoms with van der Waals surface area (Å²) in [6.07, 6.45) is 1.68. The average Bonchev–Trinajstić information content (AvgIpc) is 3.28. The first kappa shape index (κ1) is 20.8. The summed E-state index contributed by atoms with van der Waals surface area (Å²) in [6, 6.07) is 24.0. The van der Waals surface area contributed by atoms with Gasteiger partial charge in [0.2, 0.25) is 0 Å². The van der Waals surface area contributed by atoms with Crippen molar-refractivity contribution < 1.29 is 9.53 Å². The minimum atomic E-state index is -0.205. The molecule has 0 saturated carbocycles. The molecule has 0 atom stereocenters. The first-order valence-electron chi connectivity index (χ1n) is 9.62. The number of aromatic nitrogens is 1. The number of carbonyl (C=O) groups is 1. The van der Waals surface area contributed by atoms with Gasteiger partial charge >= 0.3 is 0 Å². The Kier molecular flexibility index (Phi) is 6.46. The van der Waals surface area contributed by atoms with Gasteiger partial charge < -0.3 is 4.74 Å². The van der Waals surface area contributed by atoms with Crippen molar-refractivity contribution in [3.8, 4) is 22.8 Å². The summed E-state index contributed by atoms with van der Waals surface area (Å²) < 4.78 is 5.98. The van der Waals surface area contributed by atoms with E-state index in [1.807, 2.05) is 72.1 Å². The molecule has 0 radical (unpaired) electrons. The van der Waals surface area contributed by atoms with Crippen LogP contribution < -0.4 is 9.64 Å². The summed E-state index contributed by atoms with van der Waals surface area (Å²) in [4.78, 5) is 19.8.